The van der Waals surface area contributed by atoms with E-state index < -0.39 is 0 Å². The molecule has 1 aliphatic carbocycles. The van der Waals surface area contributed by atoms with E-state index in [0.717, 1.165) is 0 Å². The van der Waals surface area contributed by atoms with Crippen molar-refractivity contribution < 1.29 is 0 Å². The van der Waals surface area contributed by atoms with Crippen LogP contribution in [0, 0.1) is 0 Å². The summed E-state index contributed by atoms with van der Waals surface area (Å²) in [5.74, 6) is 0.561. The van der Waals surface area contributed by atoms with Gasteiger partial charge in [-0.25, -0.2) is 0 Å². The van der Waals surface area contributed by atoms with Gasteiger partial charge in [0, 0.05) is 5.41 Å². The molecule has 148 valence electrons. The van der Waals surface area contributed by atoms with Gasteiger partial charge in [-0.15, -0.1) is 0 Å². The van der Waals surface area contributed by atoms with Crippen molar-refractivity contribution in [3.05, 3.63) is 108 Å². The van der Waals surface area contributed by atoms with E-state index in [4.69, 9.17) is 0 Å². The number of hydrogen-bond acceptors (Lipinski definition) is 0. The molecule has 5 rings (SSSR count). The molecule has 0 saturated heterocycles. The van der Waals surface area contributed by atoms with E-state index in [1.165, 1.54) is 50.1 Å². The quantitative estimate of drug-likeness (QED) is 0.330. The summed E-state index contributed by atoms with van der Waals surface area (Å²) < 4.78 is 0. The first-order valence-corrected chi connectivity index (χ1v) is 10.9. The standard InChI is InChI=1S/C30H28/c1-20(2)21-10-12-23(13-11-21)25-15-17-27-26-16-14-24(22-8-6-5-7-9-22)18-28(26)30(3,4)29(27)19-25/h5-20H,1-4H3. The molecule has 30 heavy (non-hydrogen) atoms. The van der Waals surface area contributed by atoms with Crippen LogP contribution < -0.4 is 0 Å². The molecule has 0 bridgehead atoms. The fourth-order valence-electron chi connectivity index (χ4n) is 4.79. The molecule has 0 heteroatoms. The van der Waals surface area contributed by atoms with Gasteiger partial charge in [0.15, 0.2) is 0 Å². The van der Waals surface area contributed by atoms with Crippen LogP contribution in [0.2, 0.25) is 0 Å². The summed E-state index contributed by atoms with van der Waals surface area (Å²) in [6.07, 6.45) is 0. The summed E-state index contributed by atoms with van der Waals surface area (Å²) in [5, 5.41) is 0. The topological polar surface area (TPSA) is 0 Å². The number of benzene rings is 4. The summed E-state index contributed by atoms with van der Waals surface area (Å²) >= 11 is 0. The largest absolute Gasteiger partial charge is 0.0622 e. The van der Waals surface area contributed by atoms with Crippen LogP contribution in [-0.4, -0.2) is 0 Å². The van der Waals surface area contributed by atoms with Crippen molar-refractivity contribution in [1.29, 1.82) is 0 Å². The summed E-state index contributed by atoms with van der Waals surface area (Å²) in [5.41, 5.74) is 12.1. The van der Waals surface area contributed by atoms with Crippen molar-refractivity contribution in [2.75, 3.05) is 0 Å². The van der Waals surface area contributed by atoms with Gasteiger partial charge in [0.2, 0.25) is 0 Å². The zero-order valence-electron chi connectivity index (χ0n) is 18.2. The van der Waals surface area contributed by atoms with Crippen molar-refractivity contribution in [2.24, 2.45) is 0 Å². The van der Waals surface area contributed by atoms with Gasteiger partial charge < -0.3 is 0 Å². The summed E-state index contributed by atoms with van der Waals surface area (Å²) in [6, 6.07) is 33.7. The van der Waals surface area contributed by atoms with Gasteiger partial charge in [-0.3, -0.25) is 0 Å². The van der Waals surface area contributed by atoms with Crippen molar-refractivity contribution in [2.45, 2.75) is 39.0 Å². The lowest BCUT2D eigenvalue weighted by Crippen LogP contribution is -2.15. The number of rotatable bonds is 3. The molecule has 0 spiro atoms. The van der Waals surface area contributed by atoms with Crippen LogP contribution >= 0.6 is 0 Å². The van der Waals surface area contributed by atoms with E-state index in [-0.39, 0.29) is 5.41 Å². The van der Waals surface area contributed by atoms with Crippen molar-refractivity contribution in [3.63, 3.8) is 0 Å². The zero-order valence-corrected chi connectivity index (χ0v) is 18.2. The van der Waals surface area contributed by atoms with Crippen LogP contribution in [0.3, 0.4) is 0 Å². The molecule has 0 unspecified atom stereocenters. The number of hydrogen-bond donors (Lipinski definition) is 0. The maximum Gasteiger partial charge on any atom is 0.0159 e. The average Bonchev–Trinajstić information content (AvgIpc) is 3.00. The first-order chi connectivity index (χ1) is 14.4. The van der Waals surface area contributed by atoms with E-state index in [0.29, 0.717) is 5.92 Å². The van der Waals surface area contributed by atoms with Crippen molar-refractivity contribution >= 4 is 0 Å². The Morgan fingerprint density at radius 3 is 1.50 bits per heavy atom. The van der Waals surface area contributed by atoms with Crippen LogP contribution in [-0.2, 0) is 5.41 Å². The molecule has 0 radical (unpaired) electrons. The molecule has 1 aliphatic rings. The summed E-state index contributed by atoms with van der Waals surface area (Å²) in [6.45, 7) is 9.21. The zero-order chi connectivity index (χ0) is 20.9. The normalized spacial score (nSPS) is 13.9. The highest BCUT2D eigenvalue weighted by atomic mass is 14.4. The Balaban J connectivity index is 1.58. The lowest BCUT2D eigenvalue weighted by atomic mass is 9.81. The molecule has 0 fully saturated rings. The van der Waals surface area contributed by atoms with Crippen LogP contribution in [0.15, 0.2) is 91.0 Å². The Morgan fingerprint density at radius 2 is 1.00 bits per heavy atom. The third-order valence-electron chi connectivity index (χ3n) is 6.69. The van der Waals surface area contributed by atoms with Gasteiger partial charge in [-0.05, 0) is 68.1 Å². The molecule has 0 nitrogen and oxygen atoms in total. The fraction of sp³-hybridized carbons (Fsp3) is 0.200. The van der Waals surface area contributed by atoms with Gasteiger partial charge in [-0.2, -0.15) is 0 Å². The summed E-state index contributed by atoms with van der Waals surface area (Å²) in [4.78, 5) is 0. The molecular formula is C30H28. The molecule has 0 saturated carbocycles. The third-order valence-corrected chi connectivity index (χ3v) is 6.69. The second kappa shape index (κ2) is 6.99. The second-order valence-electron chi connectivity index (χ2n) is 9.29. The molecule has 0 atom stereocenters. The lowest BCUT2D eigenvalue weighted by Gasteiger charge is -2.22. The molecule has 4 aromatic rings. The van der Waals surface area contributed by atoms with Crippen LogP contribution in [0.4, 0.5) is 0 Å². The first-order valence-electron chi connectivity index (χ1n) is 10.9. The Hall–Kier alpha value is -3.12. The summed E-state index contributed by atoms with van der Waals surface area (Å²) in [7, 11) is 0. The highest BCUT2D eigenvalue weighted by Crippen LogP contribution is 2.50. The van der Waals surface area contributed by atoms with Crippen molar-refractivity contribution in [3.8, 4) is 33.4 Å². The third kappa shape index (κ3) is 2.99. The maximum absolute atomic E-state index is 2.40. The SMILES string of the molecule is CC(C)c1ccc(-c2ccc3c(c2)C(C)(C)c2cc(-c4ccccc4)ccc2-3)cc1. The Kier molecular flexibility index (Phi) is 4.40. The van der Waals surface area contributed by atoms with E-state index >= 15 is 0 Å². The average molecular weight is 389 g/mol. The van der Waals surface area contributed by atoms with Gasteiger partial charge in [0.1, 0.15) is 0 Å². The van der Waals surface area contributed by atoms with Crippen molar-refractivity contribution in [1.82, 2.24) is 0 Å². The van der Waals surface area contributed by atoms with Crippen LogP contribution in [0.25, 0.3) is 33.4 Å². The van der Waals surface area contributed by atoms with Gasteiger partial charge in [-0.1, -0.05) is 107 Å². The van der Waals surface area contributed by atoms with Gasteiger partial charge >= 0.3 is 0 Å². The molecule has 0 N–H and O–H groups in total. The van der Waals surface area contributed by atoms with Crippen LogP contribution in [0.1, 0.15) is 50.3 Å². The predicted octanol–water partition coefficient (Wildman–Crippen LogP) is 8.45. The molecule has 4 aromatic carbocycles. The first kappa shape index (κ1) is 18.9. The predicted molar refractivity (Wildman–Crippen MR) is 129 cm³/mol. The monoisotopic (exact) mass is 388 g/mol. The minimum absolute atomic E-state index is 0.0106. The maximum atomic E-state index is 2.40. The lowest BCUT2D eigenvalue weighted by molar-refractivity contribution is 0.661. The Morgan fingerprint density at radius 1 is 0.533 bits per heavy atom. The molecular weight excluding hydrogens is 360 g/mol. The van der Waals surface area contributed by atoms with E-state index in [9.17, 15) is 0 Å². The van der Waals surface area contributed by atoms with Gasteiger partial charge in [0.25, 0.3) is 0 Å². The molecule has 0 aliphatic heterocycles. The minimum Gasteiger partial charge on any atom is -0.0622 e. The van der Waals surface area contributed by atoms with E-state index in [2.05, 4.69) is 119 Å². The second-order valence-corrected chi connectivity index (χ2v) is 9.29. The number of fused-ring (bicyclic) bond motifs is 3. The van der Waals surface area contributed by atoms with E-state index in [1.54, 1.807) is 0 Å². The molecule has 0 aromatic heterocycles. The highest BCUT2D eigenvalue weighted by Gasteiger charge is 2.35. The fourth-order valence-corrected chi connectivity index (χ4v) is 4.79. The Labute approximate surface area is 180 Å². The Bertz CT molecular complexity index is 1210. The van der Waals surface area contributed by atoms with E-state index in [1.807, 2.05) is 0 Å². The van der Waals surface area contributed by atoms with Crippen LogP contribution in [0.5, 0.6) is 0 Å². The smallest absolute Gasteiger partial charge is 0.0159 e. The van der Waals surface area contributed by atoms with Gasteiger partial charge in [0.05, 0.1) is 0 Å². The molecule has 0 heterocycles. The highest BCUT2D eigenvalue weighted by molar-refractivity contribution is 5.85. The molecule has 0 amide bonds. The minimum atomic E-state index is -0.0106.